The van der Waals surface area contributed by atoms with E-state index in [2.05, 4.69) is 22.8 Å². The quantitative estimate of drug-likeness (QED) is 0.882. The van der Waals surface area contributed by atoms with Gasteiger partial charge < -0.3 is 10.6 Å². The first kappa shape index (κ1) is 11.4. The second kappa shape index (κ2) is 4.32. The summed E-state index contributed by atoms with van der Waals surface area (Å²) >= 11 is 1.58. The third-order valence-electron chi connectivity index (χ3n) is 4.27. The van der Waals surface area contributed by atoms with Gasteiger partial charge in [0, 0.05) is 22.8 Å². The van der Waals surface area contributed by atoms with Crippen LogP contribution >= 0.6 is 11.3 Å². The summed E-state index contributed by atoms with van der Waals surface area (Å²) in [7, 11) is 0. The predicted molar refractivity (Wildman–Crippen MR) is 77.6 cm³/mol. The van der Waals surface area contributed by atoms with Crippen molar-refractivity contribution in [2.24, 2.45) is 0 Å². The van der Waals surface area contributed by atoms with E-state index in [1.54, 1.807) is 11.3 Å². The number of hydrogen-bond acceptors (Lipinski definition) is 3. The molecule has 0 saturated carbocycles. The first-order chi connectivity index (χ1) is 9.29. The van der Waals surface area contributed by atoms with Crippen LogP contribution in [0, 0.1) is 0 Å². The van der Waals surface area contributed by atoms with E-state index in [-0.39, 0.29) is 5.91 Å². The van der Waals surface area contributed by atoms with Gasteiger partial charge in [-0.1, -0.05) is 18.2 Å². The smallest absolute Gasteiger partial charge is 0.261 e. The molecule has 19 heavy (non-hydrogen) atoms. The molecular formula is C15H16N2OS. The Morgan fingerprint density at radius 2 is 2.21 bits per heavy atom. The fraction of sp³-hybridized carbons (Fsp3) is 0.400. The zero-order valence-corrected chi connectivity index (χ0v) is 11.4. The molecule has 2 aliphatic heterocycles. The molecule has 2 bridgehead atoms. The van der Waals surface area contributed by atoms with Crippen LogP contribution in [0.2, 0.25) is 0 Å². The Bertz CT molecular complexity index is 603. The summed E-state index contributed by atoms with van der Waals surface area (Å²) in [6, 6.07) is 11.6. The van der Waals surface area contributed by atoms with E-state index in [1.165, 1.54) is 17.5 Å². The molecule has 2 unspecified atom stereocenters. The lowest BCUT2D eigenvalue weighted by molar-refractivity contribution is 0.0935. The first-order valence-corrected chi connectivity index (χ1v) is 7.67. The van der Waals surface area contributed by atoms with Crippen molar-refractivity contribution in [1.82, 2.24) is 10.6 Å². The maximum absolute atomic E-state index is 12.3. The standard InChI is InChI=1S/C15H16N2OS/c18-15(17-12-8-10-5-6-11(12)16-10)14-7-9-3-1-2-4-13(9)19-14/h1-4,7,10-12,16H,5-6,8H2,(H,17,18)/t10?,11?,12-/m1/s1. The molecule has 2 aliphatic rings. The largest absolute Gasteiger partial charge is 0.347 e. The Labute approximate surface area is 116 Å². The van der Waals surface area contributed by atoms with Crippen molar-refractivity contribution in [3.8, 4) is 0 Å². The van der Waals surface area contributed by atoms with Crippen molar-refractivity contribution in [3.63, 3.8) is 0 Å². The lowest BCUT2D eigenvalue weighted by Gasteiger charge is -2.20. The fourth-order valence-electron chi connectivity index (χ4n) is 3.32. The van der Waals surface area contributed by atoms with Crippen LogP contribution in [0.4, 0.5) is 0 Å². The molecule has 3 nitrogen and oxygen atoms in total. The van der Waals surface area contributed by atoms with Gasteiger partial charge in [-0.2, -0.15) is 0 Å². The Hall–Kier alpha value is -1.39. The Kier molecular flexibility index (Phi) is 2.60. The number of thiophene rings is 1. The van der Waals surface area contributed by atoms with Gasteiger partial charge in [0.25, 0.3) is 5.91 Å². The molecule has 3 atom stereocenters. The highest BCUT2D eigenvalue weighted by molar-refractivity contribution is 7.20. The summed E-state index contributed by atoms with van der Waals surface area (Å²) in [6.45, 7) is 0. The topological polar surface area (TPSA) is 41.1 Å². The number of nitrogens with one attached hydrogen (secondary N) is 2. The zero-order valence-electron chi connectivity index (χ0n) is 10.6. The van der Waals surface area contributed by atoms with Gasteiger partial charge in [0.1, 0.15) is 0 Å². The van der Waals surface area contributed by atoms with E-state index in [0.29, 0.717) is 18.1 Å². The summed E-state index contributed by atoms with van der Waals surface area (Å²) in [5.74, 6) is 0.0838. The molecule has 4 rings (SSSR count). The number of hydrogen-bond donors (Lipinski definition) is 2. The van der Waals surface area contributed by atoms with E-state index >= 15 is 0 Å². The van der Waals surface area contributed by atoms with E-state index in [0.717, 1.165) is 16.7 Å². The van der Waals surface area contributed by atoms with Gasteiger partial charge in [-0.25, -0.2) is 0 Å². The van der Waals surface area contributed by atoms with Gasteiger partial charge >= 0.3 is 0 Å². The molecule has 2 aromatic rings. The summed E-state index contributed by atoms with van der Waals surface area (Å²) < 4.78 is 1.18. The molecule has 1 aromatic heterocycles. The van der Waals surface area contributed by atoms with Gasteiger partial charge in [-0.15, -0.1) is 11.3 Å². The average Bonchev–Trinajstić information content (AvgIpc) is 3.12. The van der Waals surface area contributed by atoms with E-state index in [1.807, 2.05) is 18.2 Å². The number of benzene rings is 1. The van der Waals surface area contributed by atoms with Gasteiger partial charge in [0.05, 0.1) is 4.88 Å². The summed E-state index contributed by atoms with van der Waals surface area (Å²) in [4.78, 5) is 13.1. The third kappa shape index (κ3) is 1.95. The maximum Gasteiger partial charge on any atom is 0.261 e. The lowest BCUT2D eigenvalue weighted by atomic mass is 9.95. The second-order valence-electron chi connectivity index (χ2n) is 5.51. The first-order valence-electron chi connectivity index (χ1n) is 6.85. The van der Waals surface area contributed by atoms with Gasteiger partial charge in [-0.3, -0.25) is 4.79 Å². The highest BCUT2D eigenvalue weighted by Crippen LogP contribution is 2.29. The molecule has 1 amide bonds. The number of rotatable bonds is 2. The molecule has 98 valence electrons. The van der Waals surface area contributed by atoms with Crippen LogP contribution in [0.3, 0.4) is 0 Å². The Morgan fingerprint density at radius 3 is 2.95 bits per heavy atom. The minimum atomic E-state index is 0.0838. The molecule has 4 heteroatoms. The average molecular weight is 272 g/mol. The number of amides is 1. The normalized spacial score (nSPS) is 28.9. The fourth-order valence-corrected chi connectivity index (χ4v) is 4.28. The van der Waals surface area contributed by atoms with E-state index < -0.39 is 0 Å². The van der Waals surface area contributed by atoms with Crippen LogP contribution < -0.4 is 10.6 Å². The molecule has 2 fully saturated rings. The zero-order chi connectivity index (χ0) is 12.8. The van der Waals surface area contributed by atoms with Crippen molar-refractivity contribution in [3.05, 3.63) is 35.2 Å². The van der Waals surface area contributed by atoms with Crippen molar-refractivity contribution in [1.29, 1.82) is 0 Å². The monoisotopic (exact) mass is 272 g/mol. The van der Waals surface area contributed by atoms with Crippen molar-refractivity contribution >= 4 is 27.3 Å². The summed E-state index contributed by atoms with van der Waals surface area (Å²) in [5, 5.41) is 7.90. The minimum Gasteiger partial charge on any atom is -0.347 e. The molecule has 0 spiro atoms. The van der Waals surface area contributed by atoms with Gasteiger partial charge in [-0.05, 0) is 36.8 Å². The van der Waals surface area contributed by atoms with E-state index in [9.17, 15) is 4.79 Å². The predicted octanol–water partition coefficient (Wildman–Crippen LogP) is 2.52. The molecule has 0 aliphatic carbocycles. The number of carbonyl (C=O) groups is 1. The van der Waals surface area contributed by atoms with Crippen LogP contribution in [-0.2, 0) is 0 Å². The van der Waals surface area contributed by atoms with E-state index in [4.69, 9.17) is 0 Å². The van der Waals surface area contributed by atoms with Crippen molar-refractivity contribution < 1.29 is 4.79 Å². The maximum atomic E-state index is 12.3. The van der Waals surface area contributed by atoms with Crippen LogP contribution in [0.25, 0.3) is 10.1 Å². The van der Waals surface area contributed by atoms with Crippen molar-refractivity contribution in [2.45, 2.75) is 37.4 Å². The third-order valence-corrected chi connectivity index (χ3v) is 5.38. The minimum absolute atomic E-state index is 0.0838. The Morgan fingerprint density at radius 1 is 1.32 bits per heavy atom. The summed E-state index contributed by atoms with van der Waals surface area (Å²) in [6.07, 6.45) is 3.54. The summed E-state index contributed by atoms with van der Waals surface area (Å²) in [5.41, 5.74) is 0. The molecule has 3 heterocycles. The van der Waals surface area contributed by atoms with Crippen molar-refractivity contribution in [2.75, 3.05) is 0 Å². The molecule has 1 aromatic carbocycles. The number of carbonyl (C=O) groups excluding carboxylic acids is 1. The van der Waals surface area contributed by atoms with Crippen LogP contribution in [0.15, 0.2) is 30.3 Å². The van der Waals surface area contributed by atoms with Gasteiger partial charge in [0.15, 0.2) is 0 Å². The van der Waals surface area contributed by atoms with Crippen LogP contribution in [0.1, 0.15) is 28.9 Å². The molecule has 2 saturated heterocycles. The Balaban J connectivity index is 1.53. The van der Waals surface area contributed by atoms with Crippen LogP contribution in [-0.4, -0.2) is 24.0 Å². The van der Waals surface area contributed by atoms with Gasteiger partial charge in [0.2, 0.25) is 0 Å². The molecule has 2 N–H and O–H groups in total. The lowest BCUT2D eigenvalue weighted by Crippen LogP contribution is -2.42. The molecule has 0 radical (unpaired) electrons. The number of fused-ring (bicyclic) bond motifs is 3. The molecular weight excluding hydrogens is 256 g/mol. The highest BCUT2D eigenvalue weighted by atomic mass is 32.1. The second-order valence-corrected chi connectivity index (χ2v) is 6.60. The highest BCUT2D eigenvalue weighted by Gasteiger charge is 2.39. The van der Waals surface area contributed by atoms with Crippen LogP contribution in [0.5, 0.6) is 0 Å². The SMILES string of the molecule is O=C(N[C@@H]1CC2CCC1N2)c1cc2ccccc2s1.